The van der Waals surface area contributed by atoms with E-state index in [-0.39, 0.29) is 37.0 Å². The Morgan fingerprint density at radius 1 is 0.936 bits per heavy atom. The smallest absolute Gasteiger partial charge is 0.289 e. The zero-order valence-electron chi connectivity index (χ0n) is 26.7. The highest BCUT2D eigenvalue weighted by Gasteiger charge is 2.38. The Kier molecular flexibility index (Phi) is 11.3. The van der Waals surface area contributed by atoms with Gasteiger partial charge in [0.15, 0.2) is 0 Å². The predicted molar refractivity (Wildman–Crippen MR) is 170 cm³/mol. The topological polar surface area (TPSA) is 180 Å². The molecule has 2 heterocycles. The lowest BCUT2D eigenvalue weighted by molar-refractivity contribution is -0.144. The van der Waals surface area contributed by atoms with E-state index >= 15 is 0 Å². The van der Waals surface area contributed by atoms with Crippen LogP contribution in [-0.2, 0) is 36.9 Å². The third kappa shape index (κ3) is 8.78. The SMILES string of the molecule is CCC[C@H](NC(=O)[C@@H]1Cc2ccccc2CN1C(=O)CNC(=O)[C@@H](NC(=O)c1cnccn1)C1CCCCC1)C(=O)C(=O)NC1CC1. The van der Waals surface area contributed by atoms with Crippen molar-refractivity contribution in [1.82, 2.24) is 36.1 Å². The van der Waals surface area contributed by atoms with Gasteiger partial charge in [-0.05, 0) is 49.1 Å². The number of aromatic nitrogens is 2. The van der Waals surface area contributed by atoms with E-state index in [1.165, 1.54) is 23.5 Å². The summed E-state index contributed by atoms with van der Waals surface area (Å²) in [6.07, 6.45) is 11.3. The standard InChI is InChI=1S/C34H43N7O6/c1-2-8-25(30(43)34(47)38-24-13-14-24)39-32(45)27-17-22-11-6-7-12-23(22)20-41(27)28(42)19-37-33(46)29(21-9-4-3-5-10-21)40-31(44)26-18-35-15-16-36-26/h6-7,11-12,15-16,18,21,24-25,27,29H,2-5,8-10,13-14,17,19-20H2,1H3,(H,37,46)(H,38,47)(H,39,45)(H,40,44)/t25-,27-,29-/m0/s1. The number of hydrogen-bond acceptors (Lipinski definition) is 8. The Morgan fingerprint density at radius 2 is 1.68 bits per heavy atom. The predicted octanol–water partition coefficient (Wildman–Crippen LogP) is 1.36. The molecule has 4 N–H and O–H groups in total. The van der Waals surface area contributed by atoms with Gasteiger partial charge in [0, 0.05) is 31.4 Å². The van der Waals surface area contributed by atoms with Gasteiger partial charge in [-0.15, -0.1) is 0 Å². The highest BCUT2D eigenvalue weighted by Crippen LogP contribution is 2.27. The van der Waals surface area contributed by atoms with Gasteiger partial charge in [-0.2, -0.15) is 0 Å². The molecule has 0 spiro atoms. The molecule has 0 unspecified atom stereocenters. The minimum Gasteiger partial charge on any atom is -0.347 e. The van der Waals surface area contributed by atoms with Gasteiger partial charge < -0.3 is 26.2 Å². The average Bonchev–Trinajstić information content (AvgIpc) is 3.92. The van der Waals surface area contributed by atoms with Crippen molar-refractivity contribution in [3.05, 3.63) is 59.7 Å². The van der Waals surface area contributed by atoms with Crippen LogP contribution in [0.2, 0.25) is 0 Å². The average molecular weight is 646 g/mol. The van der Waals surface area contributed by atoms with Crippen LogP contribution >= 0.6 is 0 Å². The van der Waals surface area contributed by atoms with E-state index in [2.05, 4.69) is 31.2 Å². The Hall–Kier alpha value is -4.68. The van der Waals surface area contributed by atoms with Crippen molar-refractivity contribution in [2.24, 2.45) is 5.92 Å². The number of fused-ring (bicyclic) bond motifs is 1. The quantitative estimate of drug-likeness (QED) is 0.236. The van der Waals surface area contributed by atoms with Crippen LogP contribution in [0, 0.1) is 5.92 Å². The van der Waals surface area contributed by atoms with Gasteiger partial charge in [-0.3, -0.25) is 33.8 Å². The number of carbonyl (C=O) groups is 6. The normalized spacial score (nSPS) is 19.0. The Labute approximate surface area is 274 Å². The molecule has 5 amide bonds. The summed E-state index contributed by atoms with van der Waals surface area (Å²) >= 11 is 0. The van der Waals surface area contributed by atoms with Crippen LogP contribution in [0.1, 0.15) is 86.3 Å². The highest BCUT2D eigenvalue weighted by molar-refractivity contribution is 6.38. The van der Waals surface area contributed by atoms with Gasteiger partial charge in [0.1, 0.15) is 17.8 Å². The molecule has 0 saturated heterocycles. The van der Waals surface area contributed by atoms with Crippen molar-refractivity contribution >= 4 is 35.3 Å². The van der Waals surface area contributed by atoms with Crippen LogP contribution in [0.25, 0.3) is 0 Å². The van der Waals surface area contributed by atoms with Crippen LogP contribution in [0.5, 0.6) is 0 Å². The molecule has 13 heteroatoms. The van der Waals surface area contributed by atoms with E-state index in [9.17, 15) is 28.8 Å². The van der Waals surface area contributed by atoms with Crippen LogP contribution in [0.3, 0.4) is 0 Å². The van der Waals surface area contributed by atoms with Gasteiger partial charge in [0.05, 0.1) is 18.8 Å². The number of hydrogen-bond donors (Lipinski definition) is 4. The monoisotopic (exact) mass is 645 g/mol. The Bertz CT molecular complexity index is 1470. The molecular formula is C34H43N7O6. The van der Waals surface area contributed by atoms with Crippen LogP contribution in [0.4, 0.5) is 0 Å². The molecule has 250 valence electrons. The number of benzene rings is 1. The van der Waals surface area contributed by atoms with Gasteiger partial charge in [-0.25, -0.2) is 4.98 Å². The zero-order valence-corrected chi connectivity index (χ0v) is 26.7. The number of ketones is 1. The fourth-order valence-corrected chi connectivity index (χ4v) is 6.36. The molecule has 3 atom stereocenters. The number of rotatable bonds is 13. The fraction of sp³-hybridized carbons (Fsp3) is 0.529. The lowest BCUT2D eigenvalue weighted by Crippen LogP contribution is -2.58. The summed E-state index contributed by atoms with van der Waals surface area (Å²) in [7, 11) is 0. The Morgan fingerprint density at radius 3 is 2.36 bits per heavy atom. The second kappa shape index (κ2) is 15.7. The molecule has 13 nitrogen and oxygen atoms in total. The molecule has 1 aromatic heterocycles. The van der Waals surface area contributed by atoms with Crippen LogP contribution < -0.4 is 21.3 Å². The number of amides is 5. The van der Waals surface area contributed by atoms with E-state index < -0.39 is 60.0 Å². The molecule has 1 aromatic carbocycles. The molecule has 47 heavy (non-hydrogen) atoms. The Balaban J connectivity index is 1.28. The lowest BCUT2D eigenvalue weighted by Gasteiger charge is -2.37. The minimum absolute atomic E-state index is 0.000595. The molecule has 2 aliphatic carbocycles. The highest BCUT2D eigenvalue weighted by atomic mass is 16.2. The summed E-state index contributed by atoms with van der Waals surface area (Å²) < 4.78 is 0. The van der Waals surface area contributed by atoms with E-state index in [1.807, 2.05) is 31.2 Å². The largest absolute Gasteiger partial charge is 0.347 e. The number of nitrogens with one attached hydrogen (secondary N) is 4. The number of Topliss-reactive ketones (excluding diaryl/α,β-unsaturated/α-hetero) is 1. The first kappa shape index (κ1) is 33.7. The summed E-state index contributed by atoms with van der Waals surface area (Å²) in [5.41, 5.74) is 1.86. The summed E-state index contributed by atoms with van der Waals surface area (Å²) in [5, 5.41) is 11.0. The van der Waals surface area contributed by atoms with Gasteiger partial charge in [0.2, 0.25) is 23.5 Å². The molecule has 2 aromatic rings. The van der Waals surface area contributed by atoms with E-state index in [0.29, 0.717) is 6.42 Å². The van der Waals surface area contributed by atoms with E-state index in [0.717, 1.165) is 56.1 Å². The molecular weight excluding hydrogens is 602 g/mol. The number of nitrogens with zero attached hydrogens (tertiary/aromatic N) is 3. The molecule has 1 aliphatic heterocycles. The van der Waals surface area contributed by atoms with Crippen LogP contribution in [-0.4, -0.2) is 80.9 Å². The molecule has 2 saturated carbocycles. The summed E-state index contributed by atoms with van der Waals surface area (Å²) in [6, 6.07) is 4.64. The van der Waals surface area contributed by atoms with Crippen molar-refractivity contribution in [3.8, 4) is 0 Å². The van der Waals surface area contributed by atoms with Gasteiger partial charge in [0.25, 0.3) is 11.8 Å². The lowest BCUT2D eigenvalue weighted by atomic mass is 9.83. The summed E-state index contributed by atoms with van der Waals surface area (Å²) in [5.74, 6) is -3.56. The molecule has 2 fully saturated rings. The minimum atomic E-state index is -1.02. The molecule has 0 radical (unpaired) electrons. The van der Waals surface area contributed by atoms with E-state index in [1.54, 1.807) is 0 Å². The van der Waals surface area contributed by atoms with E-state index in [4.69, 9.17) is 0 Å². The summed E-state index contributed by atoms with van der Waals surface area (Å²) in [6.45, 7) is 1.60. The molecule has 3 aliphatic rings. The first-order valence-corrected chi connectivity index (χ1v) is 16.6. The van der Waals surface area contributed by atoms with Crippen molar-refractivity contribution in [2.75, 3.05) is 6.54 Å². The van der Waals surface area contributed by atoms with Crippen LogP contribution in [0.15, 0.2) is 42.9 Å². The first-order chi connectivity index (χ1) is 22.7. The number of carbonyl (C=O) groups excluding carboxylic acids is 6. The van der Waals surface area contributed by atoms with Crippen molar-refractivity contribution in [2.45, 2.75) is 102 Å². The zero-order chi connectivity index (χ0) is 33.3. The second-order valence-electron chi connectivity index (χ2n) is 12.6. The van der Waals surface area contributed by atoms with Crippen molar-refractivity contribution in [3.63, 3.8) is 0 Å². The molecule has 0 bridgehead atoms. The second-order valence-corrected chi connectivity index (χ2v) is 12.6. The maximum Gasteiger partial charge on any atom is 0.289 e. The van der Waals surface area contributed by atoms with Gasteiger partial charge >= 0.3 is 0 Å². The summed E-state index contributed by atoms with van der Waals surface area (Å²) in [4.78, 5) is 88.9. The molecule has 5 rings (SSSR count). The van der Waals surface area contributed by atoms with Gasteiger partial charge in [-0.1, -0.05) is 56.9 Å². The first-order valence-electron chi connectivity index (χ1n) is 16.6. The maximum absolute atomic E-state index is 13.7. The van der Waals surface area contributed by atoms with Crippen molar-refractivity contribution < 1.29 is 28.8 Å². The third-order valence-corrected chi connectivity index (χ3v) is 9.12. The third-order valence-electron chi connectivity index (χ3n) is 9.12. The van der Waals surface area contributed by atoms with Crippen molar-refractivity contribution in [1.29, 1.82) is 0 Å². The fourth-order valence-electron chi connectivity index (χ4n) is 6.36. The maximum atomic E-state index is 13.7.